The number of ether oxygens (including phenoxy) is 3. The molecule has 0 bridgehead atoms. The minimum absolute atomic E-state index is 0.298. The number of nitrogens with zero attached hydrogens (tertiary/aromatic N) is 1. The lowest BCUT2D eigenvalue weighted by Crippen LogP contribution is -2.31. The molecule has 164 valence electrons. The van der Waals surface area contributed by atoms with E-state index in [4.69, 9.17) is 18.6 Å². The molecule has 1 aliphatic rings. The molecule has 1 atom stereocenters. The minimum Gasteiger partial charge on any atom is -0.493 e. The largest absolute Gasteiger partial charge is 0.493 e. The standard InChI is InChI=1S/C24H34N2O4/c1-17(25-13-12-19-8-6-5-7-9-19)15-29-16-21-18(2)30-24(26-21)20-10-11-22(27-3)23(14-20)28-4/h8,10-11,14,17,25H,5-7,9,12-13,15-16H2,1-4H3. The minimum atomic E-state index is 0.298. The molecule has 0 spiro atoms. The Labute approximate surface area is 179 Å². The number of allylic oxidation sites excluding steroid dienone is 1. The van der Waals surface area contributed by atoms with Crippen LogP contribution in [-0.4, -0.2) is 38.4 Å². The molecular weight excluding hydrogens is 380 g/mol. The first-order valence-electron chi connectivity index (χ1n) is 10.8. The van der Waals surface area contributed by atoms with E-state index in [1.54, 1.807) is 19.8 Å². The van der Waals surface area contributed by atoms with Crippen molar-refractivity contribution in [3.05, 3.63) is 41.3 Å². The molecular formula is C24H34N2O4. The summed E-state index contributed by atoms with van der Waals surface area (Å²) >= 11 is 0. The van der Waals surface area contributed by atoms with E-state index < -0.39 is 0 Å². The van der Waals surface area contributed by atoms with Crippen molar-refractivity contribution < 1.29 is 18.6 Å². The van der Waals surface area contributed by atoms with Crippen LogP contribution in [-0.2, 0) is 11.3 Å². The molecule has 0 radical (unpaired) electrons. The Hall–Kier alpha value is -2.31. The highest BCUT2D eigenvalue weighted by atomic mass is 16.5. The maximum Gasteiger partial charge on any atom is 0.226 e. The maximum atomic E-state index is 5.89. The number of hydrogen-bond acceptors (Lipinski definition) is 6. The van der Waals surface area contributed by atoms with Gasteiger partial charge in [-0.3, -0.25) is 0 Å². The maximum absolute atomic E-state index is 5.89. The predicted molar refractivity (Wildman–Crippen MR) is 118 cm³/mol. The molecule has 2 aromatic rings. The molecule has 1 heterocycles. The van der Waals surface area contributed by atoms with Crippen molar-refractivity contribution >= 4 is 0 Å². The van der Waals surface area contributed by atoms with Gasteiger partial charge in [-0.2, -0.15) is 0 Å². The van der Waals surface area contributed by atoms with Gasteiger partial charge in [0.2, 0.25) is 5.89 Å². The lowest BCUT2D eigenvalue weighted by Gasteiger charge is -2.16. The van der Waals surface area contributed by atoms with Crippen LogP contribution < -0.4 is 14.8 Å². The molecule has 1 aromatic heterocycles. The fourth-order valence-electron chi connectivity index (χ4n) is 3.66. The van der Waals surface area contributed by atoms with Crippen molar-refractivity contribution in [2.75, 3.05) is 27.4 Å². The zero-order valence-electron chi connectivity index (χ0n) is 18.6. The molecule has 3 rings (SSSR count). The number of nitrogens with one attached hydrogen (secondary N) is 1. The van der Waals surface area contributed by atoms with E-state index in [1.165, 1.54) is 25.7 Å². The number of methoxy groups -OCH3 is 2. The highest BCUT2D eigenvalue weighted by Gasteiger charge is 2.14. The molecule has 0 aliphatic heterocycles. The number of oxazole rings is 1. The van der Waals surface area contributed by atoms with Crippen molar-refractivity contribution in [2.45, 2.75) is 58.6 Å². The number of rotatable bonds is 11. The van der Waals surface area contributed by atoms with Crippen molar-refractivity contribution in [1.82, 2.24) is 10.3 Å². The van der Waals surface area contributed by atoms with Gasteiger partial charge in [0.15, 0.2) is 11.5 Å². The van der Waals surface area contributed by atoms with Gasteiger partial charge < -0.3 is 23.9 Å². The van der Waals surface area contributed by atoms with Crippen LogP contribution in [0.1, 0.15) is 50.5 Å². The molecule has 0 amide bonds. The van der Waals surface area contributed by atoms with Crippen LogP contribution in [0.5, 0.6) is 11.5 Å². The first kappa shape index (κ1) is 22.4. The topological polar surface area (TPSA) is 65.8 Å². The second-order valence-electron chi connectivity index (χ2n) is 7.82. The zero-order valence-corrected chi connectivity index (χ0v) is 18.6. The molecule has 1 N–H and O–H groups in total. The molecule has 1 aromatic carbocycles. The quantitative estimate of drug-likeness (QED) is 0.519. The summed E-state index contributed by atoms with van der Waals surface area (Å²) in [6, 6.07) is 5.92. The van der Waals surface area contributed by atoms with Gasteiger partial charge in [0.05, 0.1) is 27.4 Å². The van der Waals surface area contributed by atoms with E-state index in [1.807, 2.05) is 25.1 Å². The first-order chi connectivity index (χ1) is 14.6. The second-order valence-corrected chi connectivity index (χ2v) is 7.82. The molecule has 1 aliphatic carbocycles. The predicted octanol–water partition coefficient (Wildman–Crippen LogP) is 5.05. The Kier molecular flexibility index (Phi) is 8.34. The molecule has 6 heteroatoms. The summed E-state index contributed by atoms with van der Waals surface area (Å²) < 4.78 is 22.4. The summed E-state index contributed by atoms with van der Waals surface area (Å²) in [6.07, 6.45) is 8.75. The van der Waals surface area contributed by atoms with Gasteiger partial charge >= 0.3 is 0 Å². The highest BCUT2D eigenvalue weighted by Crippen LogP contribution is 2.32. The van der Waals surface area contributed by atoms with Crippen molar-refractivity contribution in [2.24, 2.45) is 0 Å². The first-order valence-corrected chi connectivity index (χ1v) is 10.8. The fraction of sp³-hybridized carbons (Fsp3) is 0.542. The third kappa shape index (κ3) is 6.09. The SMILES string of the molecule is COc1ccc(-c2nc(COCC(C)NCCC3=CCCCC3)c(C)o2)cc1OC. The molecule has 0 fully saturated rings. The van der Waals surface area contributed by atoms with Gasteiger partial charge in [-0.25, -0.2) is 4.98 Å². The van der Waals surface area contributed by atoms with Crippen LogP contribution in [0, 0.1) is 6.92 Å². The van der Waals surface area contributed by atoms with Crippen LogP contribution in [0.4, 0.5) is 0 Å². The Morgan fingerprint density at radius 2 is 2.00 bits per heavy atom. The van der Waals surface area contributed by atoms with Crippen LogP contribution in [0.2, 0.25) is 0 Å². The van der Waals surface area contributed by atoms with E-state index >= 15 is 0 Å². The third-order valence-electron chi connectivity index (χ3n) is 5.45. The molecule has 6 nitrogen and oxygen atoms in total. The number of benzene rings is 1. The van der Waals surface area contributed by atoms with Crippen molar-refractivity contribution in [1.29, 1.82) is 0 Å². The van der Waals surface area contributed by atoms with E-state index in [9.17, 15) is 0 Å². The summed E-state index contributed by atoms with van der Waals surface area (Å²) in [6.45, 7) is 6.13. The van der Waals surface area contributed by atoms with Gasteiger partial charge in [-0.05, 0) is 70.7 Å². The van der Waals surface area contributed by atoms with Gasteiger partial charge in [-0.1, -0.05) is 11.6 Å². The summed E-state index contributed by atoms with van der Waals surface area (Å²) in [4.78, 5) is 4.62. The van der Waals surface area contributed by atoms with Crippen molar-refractivity contribution in [3.8, 4) is 23.0 Å². The van der Waals surface area contributed by atoms with E-state index in [0.717, 1.165) is 30.0 Å². The number of hydrogen-bond donors (Lipinski definition) is 1. The average Bonchev–Trinajstić information content (AvgIpc) is 3.14. The Morgan fingerprint density at radius 1 is 1.17 bits per heavy atom. The smallest absolute Gasteiger partial charge is 0.226 e. The van der Waals surface area contributed by atoms with Crippen LogP contribution in [0.15, 0.2) is 34.3 Å². The van der Waals surface area contributed by atoms with E-state index in [0.29, 0.717) is 36.6 Å². The van der Waals surface area contributed by atoms with Gasteiger partial charge in [0.1, 0.15) is 11.5 Å². The Morgan fingerprint density at radius 3 is 2.73 bits per heavy atom. The van der Waals surface area contributed by atoms with Crippen LogP contribution in [0.25, 0.3) is 11.5 Å². The summed E-state index contributed by atoms with van der Waals surface area (Å²) in [5.41, 5.74) is 3.26. The monoisotopic (exact) mass is 414 g/mol. The van der Waals surface area contributed by atoms with Gasteiger partial charge in [0, 0.05) is 11.6 Å². The normalized spacial score (nSPS) is 15.0. The molecule has 1 unspecified atom stereocenters. The van der Waals surface area contributed by atoms with Gasteiger partial charge in [0.25, 0.3) is 0 Å². The lowest BCUT2D eigenvalue weighted by molar-refractivity contribution is 0.100. The fourth-order valence-corrected chi connectivity index (χ4v) is 3.66. The van der Waals surface area contributed by atoms with Crippen LogP contribution in [0.3, 0.4) is 0 Å². The summed E-state index contributed by atoms with van der Waals surface area (Å²) in [5.74, 6) is 2.64. The summed E-state index contributed by atoms with van der Waals surface area (Å²) in [7, 11) is 3.23. The lowest BCUT2D eigenvalue weighted by atomic mass is 9.97. The van der Waals surface area contributed by atoms with E-state index in [-0.39, 0.29) is 0 Å². The van der Waals surface area contributed by atoms with E-state index in [2.05, 4.69) is 23.3 Å². The summed E-state index contributed by atoms with van der Waals surface area (Å²) in [5, 5.41) is 3.55. The molecule has 0 saturated heterocycles. The average molecular weight is 415 g/mol. The number of aromatic nitrogens is 1. The number of aryl methyl sites for hydroxylation is 1. The third-order valence-corrected chi connectivity index (χ3v) is 5.45. The second kappa shape index (κ2) is 11.2. The Bertz CT molecular complexity index is 844. The Balaban J connectivity index is 1.47. The highest BCUT2D eigenvalue weighted by molar-refractivity contribution is 5.60. The van der Waals surface area contributed by atoms with Crippen LogP contribution >= 0.6 is 0 Å². The van der Waals surface area contributed by atoms with Gasteiger partial charge in [-0.15, -0.1) is 0 Å². The van der Waals surface area contributed by atoms with Crippen molar-refractivity contribution in [3.63, 3.8) is 0 Å². The zero-order chi connectivity index (χ0) is 21.3. The molecule has 0 saturated carbocycles. The molecule has 30 heavy (non-hydrogen) atoms.